The second kappa shape index (κ2) is 51.5. The first-order chi connectivity index (χ1) is 31.0. The third-order valence-electron chi connectivity index (χ3n) is 11.2. The van der Waals surface area contributed by atoms with Gasteiger partial charge in [-0.1, -0.05) is 203 Å². The van der Waals surface area contributed by atoms with E-state index in [1.807, 2.05) is 0 Å². The lowest BCUT2D eigenvalue weighted by molar-refractivity contribution is -0.167. The van der Waals surface area contributed by atoms with Crippen LogP contribution < -0.4 is 0 Å². The average molecular weight is 879 g/mol. The number of carbonyl (C=O) groups is 3. The van der Waals surface area contributed by atoms with E-state index in [4.69, 9.17) is 14.2 Å². The molecule has 0 aromatic carbocycles. The Balaban J connectivity index is 4.36. The van der Waals surface area contributed by atoms with Crippen molar-refractivity contribution in [3.05, 3.63) is 72.9 Å². The smallest absolute Gasteiger partial charge is 0.306 e. The van der Waals surface area contributed by atoms with Crippen LogP contribution in [0.15, 0.2) is 72.9 Å². The Morgan fingerprint density at radius 3 is 1.06 bits per heavy atom. The summed E-state index contributed by atoms with van der Waals surface area (Å²) >= 11 is 0. The predicted molar refractivity (Wildman–Crippen MR) is 270 cm³/mol. The van der Waals surface area contributed by atoms with Crippen molar-refractivity contribution in [3.63, 3.8) is 0 Å². The van der Waals surface area contributed by atoms with Gasteiger partial charge >= 0.3 is 17.9 Å². The van der Waals surface area contributed by atoms with E-state index < -0.39 is 6.10 Å². The first kappa shape index (κ1) is 59.9. The molecule has 0 aromatic rings. The number of hydrogen-bond donors (Lipinski definition) is 0. The topological polar surface area (TPSA) is 78.9 Å². The lowest BCUT2D eigenvalue weighted by atomic mass is 10.1. The molecule has 0 saturated carbocycles. The van der Waals surface area contributed by atoms with Crippen molar-refractivity contribution in [2.24, 2.45) is 0 Å². The van der Waals surface area contributed by atoms with Crippen LogP contribution in [-0.4, -0.2) is 37.2 Å². The van der Waals surface area contributed by atoms with Crippen molar-refractivity contribution in [3.8, 4) is 0 Å². The fourth-order valence-electron chi connectivity index (χ4n) is 7.20. The second-order valence-electron chi connectivity index (χ2n) is 17.4. The zero-order chi connectivity index (χ0) is 45.8. The summed E-state index contributed by atoms with van der Waals surface area (Å²) in [5, 5.41) is 0. The number of hydrogen-bond acceptors (Lipinski definition) is 6. The molecule has 0 aliphatic carbocycles. The Labute approximate surface area is 389 Å². The van der Waals surface area contributed by atoms with Gasteiger partial charge in [0.25, 0.3) is 0 Å². The average Bonchev–Trinajstić information content (AvgIpc) is 3.28. The predicted octanol–water partition coefficient (Wildman–Crippen LogP) is 17.4. The van der Waals surface area contributed by atoms with Crippen LogP contribution in [0.25, 0.3) is 0 Å². The third kappa shape index (κ3) is 49.7. The van der Waals surface area contributed by atoms with Crippen LogP contribution >= 0.6 is 0 Å². The van der Waals surface area contributed by atoms with Crippen LogP contribution in [0.2, 0.25) is 0 Å². The minimum absolute atomic E-state index is 0.0931. The fourth-order valence-corrected chi connectivity index (χ4v) is 7.20. The van der Waals surface area contributed by atoms with Gasteiger partial charge in [-0.25, -0.2) is 0 Å². The van der Waals surface area contributed by atoms with Gasteiger partial charge in [0.05, 0.1) is 0 Å². The molecule has 1 unspecified atom stereocenters. The zero-order valence-electron chi connectivity index (χ0n) is 41.3. The minimum atomic E-state index is -0.793. The van der Waals surface area contributed by atoms with Gasteiger partial charge in [0.2, 0.25) is 0 Å². The Morgan fingerprint density at radius 1 is 0.333 bits per heavy atom. The van der Waals surface area contributed by atoms with Crippen LogP contribution in [0.3, 0.4) is 0 Å². The molecule has 0 aromatic heterocycles. The molecule has 6 heteroatoms. The number of rotatable bonds is 47. The Hall–Kier alpha value is -3.15. The first-order valence-electron chi connectivity index (χ1n) is 26.4. The second-order valence-corrected chi connectivity index (χ2v) is 17.4. The summed E-state index contributed by atoms with van der Waals surface area (Å²) in [7, 11) is 0. The van der Waals surface area contributed by atoms with E-state index in [0.717, 1.165) is 83.5 Å². The Morgan fingerprint density at radius 2 is 0.635 bits per heavy atom. The molecule has 0 saturated heterocycles. The van der Waals surface area contributed by atoms with Crippen molar-refractivity contribution < 1.29 is 28.6 Å². The maximum atomic E-state index is 12.8. The molecule has 0 N–H and O–H groups in total. The van der Waals surface area contributed by atoms with Crippen molar-refractivity contribution in [2.45, 2.75) is 258 Å². The first-order valence-corrected chi connectivity index (χ1v) is 26.4. The van der Waals surface area contributed by atoms with Crippen LogP contribution in [0.4, 0.5) is 0 Å². The summed E-state index contributed by atoms with van der Waals surface area (Å²) in [4.78, 5) is 37.9. The molecule has 0 rings (SSSR count). The monoisotopic (exact) mass is 879 g/mol. The highest BCUT2D eigenvalue weighted by Gasteiger charge is 2.19. The quantitative estimate of drug-likeness (QED) is 0.0262. The van der Waals surface area contributed by atoms with Gasteiger partial charge < -0.3 is 14.2 Å². The highest BCUT2D eigenvalue weighted by atomic mass is 16.6. The molecule has 6 nitrogen and oxygen atoms in total. The van der Waals surface area contributed by atoms with Gasteiger partial charge in [0.1, 0.15) is 13.2 Å². The molecular weight excluding hydrogens is 781 g/mol. The van der Waals surface area contributed by atoms with E-state index in [2.05, 4.69) is 93.7 Å². The lowest BCUT2D eigenvalue weighted by Crippen LogP contribution is -2.30. The van der Waals surface area contributed by atoms with Crippen LogP contribution in [0.1, 0.15) is 252 Å². The molecule has 0 aliphatic rings. The fraction of sp³-hybridized carbons (Fsp3) is 0.737. The van der Waals surface area contributed by atoms with Gasteiger partial charge in [-0.3, -0.25) is 14.4 Å². The van der Waals surface area contributed by atoms with Gasteiger partial charge in [-0.05, 0) is 103 Å². The highest BCUT2D eigenvalue weighted by molar-refractivity contribution is 5.71. The van der Waals surface area contributed by atoms with Crippen molar-refractivity contribution in [1.29, 1.82) is 0 Å². The normalized spacial score (nSPS) is 12.6. The van der Waals surface area contributed by atoms with E-state index in [-0.39, 0.29) is 31.1 Å². The molecular formula is C57H98O6. The van der Waals surface area contributed by atoms with Gasteiger partial charge in [-0.15, -0.1) is 0 Å². The summed E-state index contributed by atoms with van der Waals surface area (Å²) in [6.07, 6.45) is 64.7. The number of esters is 3. The Kier molecular flexibility index (Phi) is 48.9. The van der Waals surface area contributed by atoms with Crippen LogP contribution in [0, 0.1) is 0 Å². The summed E-state index contributed by atoms with van der Waals surface area (Å²) < 4.78 is 16.7. The SMILES string of the molecule is CC/C=C\C/C=C\C/C=C\C/C=C\CCCCCCCCC(=O)OCC(COC(=O)CCC/C=C\CCCCCC)OC(=O)CCCCCCCCC/C=C\CCCCCCCC. The van der Waals surface area contributed by atoms with Crippen LogP contribution in [0.5, 0.6) is 0 Å². The van der Waals surface area contributed by atoms with Gasteiger partial charge in [0, 0.05) is 19.3 Å². The maximum absolute atomic E-state index is 12.8. The summed E-state index contributed by atoms with van der Waals surface area (Å²) in [6.45, 7) is 6.45. The number of allylic oxidation sites excluding steroid dienone is 12. The summed E-state index contributed by atoms with van der Waals surface area (Å²) in [6, 6.07) is 0. The molecule has 0 bridgehead atoms. The molecule has 0 radical (unpaired) electrons. The molecule has 0 fully saturated rings. The van der Waals surface area contributed by atoms with E-state index in [0.29, 0.717) is 25.7 Å². The highest BCUT2D eigenvalue weighted by Crippen LogP contribution is 2.14. The molecule has 63 heavy (non-hydrogen) atoms. The van der Waals surface area contributed by atoms with E-state index in [1.54, 1.807) is 0 Å². The molecule has 362 valence electrons. The molecule has 0 amide bonds. The van der Waals surface area contributed by atoms with Crippen LogP contribution in [-0.2, 0) is 28.6 Å². The standard InChI is InChI=1S/C57H98O6/c1-4-7-10-13-16-19-21-23-25-27-28-30-31-33-35-38-41-44-47-50-56(59)62-53-54(52-61-55(58)49-46-43-40-37-18-15-12-9-6-3)63-57(60)51-48-45-42-39-36-34-32-29-26-24-22-20-17-14-11-8-5-2/h7,10,16,19,23-26,28,30,37,40,54H,4-6,8-9,11-15,17-18,20-22,27,29,31-36,38-39,41-53H2,1-3H3/b10-7-,19-16-,25-23-,26-24-,30-28-,40-37-. The summed E-state index contributed by atoms with van der Waals surface area (Å²) in [5.41, 5.74) is 0. The van der Waals surface area contributed by atoms with Gasteiger partial charge in [-0.2, -0.15) is 0 Å². The van der Waals surface area contributed by atoms with Crippen molar-refractivity contribution >= 4 is 17.9 Å². The number of carbonyl (C=O) groups excluding carboxylic acids is 3. The van der Waals surface area contributed by atoms with E-state index in [1.165, 1.54) is 122 Å². The van der Waals surface area contributed by atoms with Crippen molar-refractivity contribution in [2.75, 3.05) is 13.2 Å². The Bertz CT molecular complexity index is 1190. The lowest BCUT2D eigenvalue weighted by Gasteiger charge is -2.18. The molecule has 0 heterocycles. The number of ether oxygens (including phenoxy) is 3. The number of unbranched alkanes of at least 4 members (excludes halogenated alkanes) is 24. The third-order valence-corrected chi connectivity index (χ3v) is 11.2. The van der Waals surface area contributed by atoms with E-state index >= 15 is 0 Å². The summed E-state index contributed by atoms with van der Waals surface area (Å²) in [5.74, 6) is -0.945. The maximum Gasteiger partial charge on any atom is 0.306 e. The minimum Gasteiger partial charge on any atom is -0.462 e. The zero-order valence-corrected chi connectivity index (χ0v) is 41.3. The molecule has 1 atom stereocenters. The van der Waals surface area contributed by atoms with Crippen molar-refractivity contribution in [1.82, 2.24) is 0 Å². The molecule has 0 aliphatic heterocycles. The molecule has 0 spiro atoms. The van der Waals surface area contributed by atoms with E-state index in [9.17, 15) is 14.4 Å². The van der Waals surface area contributed by atoms with Gasteiger partial charge in [0.15, 0.2) is 6.10 Å². The largest absolute Gasteiger partial charge is 0.462 e.